The van der Waals surface area contributed by atoms with E-state index in [2.05, 4.69) is 0 Å². The Bertz CT molecular complexity index is 1580. The van der Waals surface area contributed by atoms with Crippen molar-refractivity contribution in [2.45, 2.75) is 32.7 Å². The first-order valence-corrected chi connectivity index (χ1v) is 12.2. The summed E-state index contributed by atoms with van der Waals surface area (Å²) in [6.45, 7) is 3.89. The molecule has 0 aliphatic rings. The number of ether oxygens (including phenoxy) is 1. The quantitative estimate of drug-likeness (QED) is 0.224. The van der Waals surface area contributed by atoms with Crippen LogP contribution in [0.25, 0.3) is 22.0 Å². The van der Waals surface area contributed by atoms with E-state index in [1.165, 1.54) is 27.8 Å². The fourth-order valence-corrected chi connectivity index (χ4v) is 4.49. The van der Waals surface area contributed by atoms with Gasteiger partial charge < -0.3 is 14.2 Å². The maximum absolute atomic E-state index is 13.7. The Morgan fingerprint density at radius 1 is 0.925 bits per heavy atom. The number of aromatic nitrogens is 1. The molecule has 0 saturated heterocycles. The van der Waals surface area contributed by atoms with E-state index >= 15 is 0 Å². The molecule has 1 amide bonds. The summed E-state index contributed by atoms with van der Waals surface area (Å²) in [6, 6.07) is 14.4. The van der Waals surface area contributed by atoms with Gasteiger partial charge in [-0.05, 0) is 73.5 Å². The van der Waals surface area contributed by atoms with Crippen LogP contribution < -0.4 is 4.74 Å². The van der Waals surface area contributed by atoms with Gasteiger partial charge in [-0.25, -0.2) is 4.79 Å². The van der Waals surface area contributed by atoms with Crippen LogP contribution in [0.3, 0.4) is 0 Å². The minimum atomic E-state index is -4.86. The van der Waals surface area contributed by atoms with Gasteiger partial charge in [0.1, 0.15) is 5.75 Å². The van der Waals surface area contributed by atoms with Crippen molar-refractivity contribution in [3.05, 3.63) is 89.1 Å². The number of carbonyl (C=O) groups is 1. The standard InChI is InChI=1S/C29H23F6N3O2/c1-3-37(4-2)27(39)40-25-12-11-24-22(26(25)19-7-5-18(16-36)6-8-19)13-14-38(24)17-20-15-21(28(30,31)32)9-10-23(20)29(33,34)35/h5-15H,3-4,17H2,1-2H3. The Balaban J connectivity index is 1.86. The van der Waals surface area contributed by atoms with Crippen LogP contribution in [0.4, 0.5) is 31.1 Å². The highest BCUT2D eigenvalue weighted by atomic mass is 19.4. The van der Waals surface area contributed by atoms with Crippen molar-refractivity contribution >= 4 is 17.0 Å². The minimum Gasteiger partial charge on any atom is -0.410 e. The molecule has 1 aromatic heterocycles. The number of nitrogens with zero attached hydrogens (tertiary/aromatic N) is 3. The molecule has 0 saturated carbocycles. The van der Waals surface area contributed by atoms with Crippen molar-refractivity contribution in [3.63, 3.8) is 0 Å². The van der Waals surface area contributed by atoms with Crippen molar-refractivity contribution in [3.8, 4) is 22.9 Å². The fourth-order valence-electron chi connectivity index (χ4n) is 4.49. The second kappa shape index (κ2) is 11.0. The van der Waals surface area contributed by atoms with E-state index < -0.39 is 41.7 Å². The molecule has 208 valence electrons. The Hall–Kier alpha value is -4.46. The van der Waals surface area contributed by atoms with Gasteiger partial charge in [-0.1, -0.05) is 12.1 Å². The number of nitriles is 1. The van der Waals surface area contributed by atoms with Gasteiger partial charge in [0.15, 0.2) is 0 Å². The number of halogens is 6. The van der Waals surface area contributed by atoms with Crippen LogP contribution in [0.1, 0.15) is 36.1 Å². The second-order valence-corrected chi connectivity index (χ2v) is 8.91. The topological polar surface area (TPSA) is 58.3 Å². The molecule has 0 radical (unpaired) electrons. The summed E-state index contributed by atoms with van der Waals surface area (Å²) < 4.78 is 88.2. The lowest BCUT2D eigenvalue weighted by molar-refractivity contribution is -0.141. The largest absolute Gasteiger partial charge is 0.416 e. The third-order valence-electron chi connectivity index (χ3n) is 6.52. The first-order chi connectivity index (χ1) is 18.9. The van der Waals surface area contributed by atoms with E-state index in [1.54, 1.807) is 44.2 Å². The lowest BCUT2D eigenvalue weighted by Gasteiger charge is -2.20. The van der Waals surface area contributed by atoms with E-state index in [4.69, 9.17) is 4.74 Å². The molecule has 0 aliphatic heterocycles. The molecule has 11 heteroatoms. The fraction of sp³-hybridized carbons (Fsp3) is 0.241. The summed E-state index contributed by atoms with van der Waals surface area (Å²) in [4.78, 5) is 14.2. The Morgan fingerprint density at radius 2 is 1.60 bits per heavy atom. The maximum Gasteiger partial charge on any atom is 0.416 e. The molecule has 0 bridgehead atoms. The summed E-state index contributed by atoms with van der Waals surface area (Å²) in [5.41, 5.74) is -1.08. The van der Waals surface area contributed by atoms with Crippen molar-refractivity contribution in [2.75, 3.05) is 13.1 Å². The molecule has 40 heavy (non-hydrogen) atoms. The van der Waals surface area contributed by atoms with Crippen LogP contribution in [-0.2, 0) is 18.9 Å². The SMILES string of the molecule is CCN(CC)C(=O)Oc1ccc2c(ccn2Cc2cc(C(F)(F)F)ccc2C(F)(F)F)c1-c1ccc(C#N)cc1. The highest BCUT2D eigenvalue weighted by molar-refractivity contribution is 5.99. The number of hydrogen-bond acceptors (Lipinski definition) is 3. The summed E-state index contributed by atoms with van der Waals surface area (Å²) in [7, 11) is 0. The number of hydrogen-bond donors (Lipinski definition) is 0. The number of rotatable bonds is 6. The van der Waals surface area contributed by atoms with Crippen molar-refractivity contribution < 1.29 is 35.9 Å². The van der Waals surface area contributed by atoms with Gasteiger partial charge in [-0.15, -0.1) is 0 Å². The third kappa shape index (κ3) is 5.76. The third-order valence-corrected chi connectivity index (χ3v) is 6.52. The summed E-state index contributed by atoms with van der Waals surface area (Å²) in [5.74, 6) is 0.182. The van der Waals surface area contributed by atoms with Crippen LogP contribution in [0.5, 0.6) is 5.75 Å². The van der Waals surface area contributed by atoms with Crippen molar-refractivity contribution in [1.29, 1.82) is 5.26 Å². The van der Waals surface area contributed by atoms with Crippen LogP contribution >= 0.6 is 0 Å². The molecule has 1 heterocycles. The molecule has 0 atom stereocenters. The summed E-state index contributed by atoms with van der Waals surface area (Å²) in [6.07, 6.45) is -8.81. The van der Waals surface area contributed by atoms with Crippen LogP contribution in [0.15, 0.2) is 66.9 Å². The van der Waals surface area contributed by atoms with Gasteiger partial charge in [-0.3, -0.25) is 0 Å². The van der Waals surface area contributed by atoms with E-state index in [9.17, 15) is 36.4 Å². The zero-order chi connectivity index (χ0) is 29.2. The number of alkyl halides is 6. The predicted octanol–water partition coefficient (Wildman–Crippen LogP) is 8.11. The number of fused-ring (bicyclic) bond motifs is 1. The molecule has 4 aromatic rings. The number of amides is 1. The van der Waals surface area contributed by atoms with Crippen LogP contribution in [0.2, 0.25) is 0 Å². The highest BCUT2D eigenvalue weighted by Gasteiger charge is 2.37. The average Bonchev–Trinajstić information content (AvgIpc) is 3.30. The first-order valence-electron chi connectivity index (χ1n) is 12.2. The summed E-state index contributed by atoms with van der Waals surface area (Å²) >= 11 is 0. The zero-order valence-corrected chi connectivity index (χ0v) is 21.4. The maximum atomic E-state index is 13.7. The van der Waals surface area contributed by atoms with Crippen LogP contribution in [0, 0.1) is 11.3 Å². The second-order valence-electron chi connectivity index (χ2n) is 8.91. The Morgan fingerprint density at radius 3 is 2.17 bits per heavy atom. The molecule has 5 nitrogen and oxygen atoms in total. The lowest BCUT2D eigenvalue weighted by atomic mass is 9.99. The molecule has 0 aliphatic carbocycles. The normalized spacial score (nSPS) is 11.9. The molecular formula is C29H23F6N3O2. The molecule has 4 rings (SSSR count). The molecular weight excluding hydrogens is 536 g/mol. The van der Waals surface area contributed by atoms with Gasteiger partial charge >= 0.3 is 18.4 Å². The van der Waals surface area contributed by atoms with Crippen LogP contribution in [-0.4, -0.2) is 28.6 Å². The zero-order valence-electron chi connectivity index (χ0n) is 21.4. The molecule has 3 aromatic carbocycles. The van der Waals surface area contributed by atoms with Crippen molar-refractivity contribution in [1.82, 2.24) is 9.47 Å². The molecule has 0 fully saturated rings. The number of carbonyl (C=O) groups excluding carboxylic acids is 1. The smallest absolute Gasteiger partial charge is 0.410 e. The van der Waals surface area contributed by atoms with Crippen molar-refractivity contribution in [2.24, 2.45) is 0 Å². The number of benzene rings is 3. The van der Waals surface area contributed by atoms with Gasteiger partial charge in [0.25, 0.3) is 0 Å². The predicted molar refractivity (Wildman–Crippen MR) is 137 cm³/mol. The van der Waals surface area contributed by atoms with Gasteiger partial charge in [0, 0.05) is 42.3 Å². The average molecular weight is 560 g/mol. The van der Waals surface area contributed by atoms with E-state index in [0.717, 1.165) is 0 Å². The molecule has 0 unspecified atom stereocenters. The van der Waals surface area contributed by atoms with E-state index in [-0.39, 0.29) is 5.75 Å². The summed E-state index contributed by atoms with van der Waals surface area (Å²) in [5, 5.41) is 9.67. The first kappa shape index (κ1) is 28.5. The Kier molecular flexibility index (Phi) is 7.82. The lowest BCUT2D eigenvalue weighted by Crippen LogP contribution is -2.33. The van der Waals surface area contributed by atoms with E-state index in [0.29, 0.717) is 58.9 Å². The van der Waals surface area contributed by atoms with Gasteiger partial charge in [-0.2, -0.15) is 31.6 Å². The minimum absolute atomic E-state index is 0.182. The Labute approximate surface area is 225 Å². The molecule has 0 N–H and O–H groups in total. The monoisotopic (exact) mass is 559 g/mol. The highest BCUT2D eigenvalue weighted by Crippen LogP contribution is 2.40. The van der Waals surface area contributed by atoms with Gasteiger partial charge in [0.05, 0.1) is 22.8 Å². The molecule has 0 spiro atoms. The van der Waals surface area contributed by atoms with Gasteiger partial charge in [0.2, 0.25) is 0 Å². The van der Waals surface area contributed by atoms with E-state index in [1.807, 2.05) is 6.07 Å².